The molecule has 4 nitrogen and oxygen atoms in total. The highest BCUT2D eigenvalue weighted by Crippen LogP contribution is 2.18. The minimum absolute atomic E-state index is 0.159. The Labute approximate surface area is 109 Å². The highest BCUT2D eigenvalue weighted by Gasteiger charge is 2.28. The van der Waals surface area contributed by atoms with Crippen molar-refractivity contribution in [3.8, 4) is 0 Å². The van der Waals surface area contributed by atoms with Crippen LogP contribution >= 0.6 is 11.8 Å². The van der Waals surface area contributed by atoms with E-state index in [1.54, 1.807) is 12.1 Å². The van der Waals surface area contributed by atoms with Crippen LogP contribution in [0.4, 0.5) is 4.79 Å². The summed E-state index contributed by atoms with van der Waals surface area (Å²) in [4.78, 5) is 36.1. The van der Waals surface area contributed by atoms with Crippen molar-refractivity contribution in [2.24, 2.45) is 0 Å². The fourth-order valence-electron chi connectivity index (χ4n) is 1.67. The molecule has 2 rings (SSSR count). The summed E-state index contributed by atoms with van der Waals surface area (Å²) in [7, 11) is 0. The third-order valence-corrected chi connectivity index (χ3v) is 3.61. The maximum atomic E-state index is 12.0. The molecule has 0 aromatic heterocycles. The van der Waals surface area contributed by atoms with Gasteiger partial charge >= 0.3 is 0 Å². The quantitative estimate of drug-likeness (QED) is 0.785. The predicted molar refractivity (Wildman–Crippen MR) is 69.7 cm³/mol. The van der Waals surface area contributed by atoms with Crippen LogP contribution in [0.3, 0.4) is 0 Å². The van der Waals surface area contributed by atoms with E-state index >= 15 is 0 Å². The summed E-state index contributed by atoms with van der Waals surface area (Å²) < 4.78 is 0. The maximum absolute atomic E-state index is 12.0. The maximum Gasteiger partial charge on any atom is 0.288 e. The minimum Gasteiger partial charge on any atom is -0.292 e. The standard InChI is InChI=1S/C13H13NO3S/c1-9-2-4-10(5-3-9)11(15)8-14-12(16)6-7-18-13(14)17/h2-5H,6-8H2,1H3. The normalized spacial score (nSPS) is 15.9. The van der Waals surface area contributed by atoms with Crippen LogP contribution in [0.15, 0.2) is 24.3 Å². The number of hydrogen-bond acceptors (Lipinski definition) is 4. The van der Waals surface area contributed by atoms with Crippen LogP contribution in [0.25, 0.3) is 0 Å². The first kappa shape index (κ1) is 12.8. The number of thioether (sulfide) groups is 1. The number of imide groups is 1. The number of hydrogen-bond donors (Lipinski definition) is 0. The second-order valence-corrected chi connectivity index (χ2v) is 5.18. The molecule has 0 unspecified atom stereocenters. The first-order valence-corrected chi connectivity index (χ1v) is 6.63. The number of aryl methyl sites for hydroxylation is 1. The van der Waals surface area contributed by atoms with Crippen molar-refractivity contribution < 1.29 is 14.4 Å². The first-order valence-electron chi connectivity index (χ1n) is 5.65. The molecule has 1 aromatic carbocycles. The van der Waals surface area contributed by atoms with Gasteiger partial charge in [0.25, 0.3) is 5.24 Å². The van der Waals surface area contributed by atoms with Crippen molar-refractivity contribution in [2.75, 3.05) is 12.3 Å². The zero-order valence-electron chi connectivity index (χ0n) is 10.0. The number of carbonyl (C=O) groups excluding carboxylic acids is 3. The fourth-order valence-corrected chi connectivity index (χ4v) is 2.44. The second kappa shape index (κ2) is 5.35. The van der Waals surface area contributed by atoms with Crippen LogP contribution in [0.2, 0.25) is 0 Å². The summed E-state index contributed by atoms with van der Waals surface area (Å²) in [6.07, 6.45) is 0.317. The number of nitrogens with zero attached hydrogens (tertiary/aromatic N) is 1. The largest absolute Gasteiger partial charge is 0.292 e. The van der Waals surface area contributed by atoms with E-state index in [-0.39, 0.29) is 23.5 Å². The van der Waals surface area contributed by atoms with E-state index in [1.807, 2.05) is 19.1 Å². The fraction of sp³-hybridized carbons (Fsp3) is 0.308. The van der Waals surface area contributed by atoms with Gasteiger partial charge in [0.15, 0.2) is 5.78 Å². The minimum atomic E-state index is -0.327. The molecular weight excluding hydrogens is 250 g/mol. The van der Waals surface area contributed by atoms with Gasteiger partial charge in [-0.2, -0.15) is 0 Å². The van der Waals surface area contributed by atoms with E-state index in [4.69, 9.17) is 0 Å². The molecule has 2 amide bonds. The van der Waals surface area contributed by atoms with Crippen molar-refractivity contribution in [3.63, 3.8) is 0 Å². The third kappa shape index (κ3) is 2.79. The Bertz CT molecular complexity index is 479. The Morgan fingerprint density at radius 1 is 1.28 bits per heavy atom. The predicted octanol–water partition coefficient (Wildman–Crippen LogP) is 2.26. The number of benzene rings is 1. The molecule has 0 radical (unpaired) electrons. The lowest BCUT2D eigenvalue weighted by Gasteiger charge is -2.23. The Morgan fingerprint density at radius 2 is 1.94 bits per heavy atom. The van der Waals surface area contributed by atoms with Crippen molar-refractivity contribution in [3.05, 3.63) is 35.4 Å². The summed E-state index contributed by atoms with van der Waals surface area (Å²) in [6, 6.07) is 7.09. The highest BCUT2D eigenvalue weighted by molar-refractivity contribution is 8.13. The molecule has 0 bridgehead atoms. The summed E-state index contributed by atoms with van der Waals surface area (Å²) in [5.41, 5.74) is 1.59. The SMILES string of the molecule is Cc1ccc(C(=O)CN2C(=O)CCSC2=O)cc1. The van der Waals surface area contributed by atoms with Crippen LogP contribution in [0.1, 0.15) is 22.3 Å². The molecule has 1 aromatic rings. The van der Waals surface area contributed by atoms with Crippen molar-refractivity contribution >= 4 is 28.7 Å². The molecule has 0 N–H and O–H groups in total. The Balaban J connectivity index is 2.08. The summed E-state index contributed by atoms with van der Waals surface area (Å²) in [5, 5.41) is -0.327. The van der Waals surface area contributed by atoms with Gasteiger partial charge in [0, 0.05) is 17.7 Å². The van der Waals surface area contributed by atoms with Gasteiger partial charge in [-0.3, -0.25) is 19.3 Å². The second-order valence-electron chi connectivity index (χ2n) is 4.13. The molecule has 1 aliphatic heterocycles. The average Bonchev–Trinajstić information content (AvgIpc) is 2.34. The summed E-state index contributed by atoms with van der Waals surface area (Å²) in [6.45, 7) is 1.77. The number of rotatable bonds is 3. The lowest BCUT2D eigenvalue weighted by molar-refractivity contribution is -0.127. The van der Waals surface area contributed by atoms with Gasteiger partial charge in [-0.25, -0.2) is 0 Å². The van der Waals surface area contributed by atoms with Gasteiger partial charge in [-0.05, 0) is 6.92 Å². The van der Waals surface area contributed by atoms with Crippen molar-refractivity contribution in [1.82, 2.24) is 4.90 Å². The van der Waals surface area contributed by atoms with Gasteiger partial charge < -0.3 is 0 Å². The lowest BCUT2D eigenvalue weighted by atomic mass is 10.1. The molecule has 5 heteroatoms. The first-order chi connectivity index (χ1) is 8.58. The average molecular weight is 263 g/mol. The molecule has 18 heavy (non-hydrogen) atoms. The number of Topliss-reactive ketones (excluding diaryl/α,β-unsaturated/α-hetero) is 1. The smallest absolute Gasteiger partial charge is 0.288 e. The van der Waals surface area contributed by atoms with Crippen LogP contribution in [-0.2, 0) is 4.79 Å². The molecule has 1 saturated heterocycles. The monoisotopic (exact) mass is 263 g/mol. The number of ketones is 1. The third-order valence-electron chi connectivity index (χ3n) is 2.74. The van der Waals surface area contributed by atoms with E-state index in [0.717, 1.165) is 22.2 Å². The zero-order valence-corrected chi connectivity index (χ0v) is 10.8. The van der Waals surface area contributed by atoms with Gasteiger partial charge in [-0.15, -0.1) is 0 Å². The van der Waals surface area contributed by atoms with E-state index in [0.29, 0.717) is 17.7 Å². The lowest BCUT2D eigenvalue weighted by Crippen LogP contribution is -2.41. The van der Waals surface area contributed by atoms with Gasteiger partial charge in [0.1, 0.15) is 0 Å². The van der Waals surface area contributed by atoms with Gasteiger partial charge in [0.2, 0.25) is 5.91 Å². The van der Waals surface area contributed by atoms with Crippen LogP contribution in [0.5, 0.6) is 0 Å². The molecular formula is C13H13NO3S. The van der Waals surface area contributed by atoms with Crippen LogP contribution < -0.4 is 0 Å². The van der Waals surface area contributed by atoms with Gasteiger partial charge in [-0.1, -0.05) is 41.6 Å². The van der Waals surface area contributed by atoms with E-state index in [2.05, 4.69) is 0 Å². The molecule has 1 fully saturated rings. The number of amides is 2. The molecule has 1 heterocycles. The van der Waals surface area contributed by atoms with Crippen molar-refractivity contribution in [1.29, 1.82) is 0 Å². The van der Waals surface area contributed by atoms with Gasteiger partial charge in [0.05, 0.1) is 6.54 Å². The molecule has 1 aliphatic rings. The molecule has 0 spiro atoms. The van der Waals surface area contributed by atoms with E-state index < -0.39 is 0 Å². The summed E-state index contributed by atoms with van der Waals surface area (Å²) in [5.74, 6) is 0.0331. The Hall–Kier alpha value is -1.62. The zero-order chi connectivity index (χ0) is 13.1. The van der Waals surface area contributed by atoms with E-state index in [1.165, 1.54) is 0 Å². The Kier molecular flexibility index (Phi) is 3.81. The molecule has 94 valence electrons. The molecule has 0 saturated carbocycles. The summed E-state index contributed by atoms with van der Waals surface area (Å²) >= 11 is 1.08. The molecule has 0 atom stereocenters. The highest BCUT2D eigenvalue weighted by atomic mass is 32.2. The topological polar surface area (TPSA) is 54.5 Å². The Morgan fingerprint density at radius 3 is 2.56 bits per heavy atom. The van der Waals surface area contributed by atoms with Crippen molar-refractivity contribution in [2.45, 2.75) is 13.3 Å². The van der Waals surface area contributed by atoms with Crippen LogP contribution in [0, 0.1) is 6.92 Å². The number of carbonyl (C=O) groups is 3. The van der Waals surface area contributed by atoms with E-state index in [9.17, 15) is 14.4 Å². The molecule has 0 aliphatic carbocycles. The van der Waals surface area contributed by atoms with Crippen LogP contribution in [-0.4, -0.2) is 34.1 Å².